The van der Waals surface area contributed by atoms with Gasteiger partial charge in [0.05, 0.1) is 7.11 Å². The summed E-state index contributed by atoms with van der Waals surface area (Å²) in [6, 6.07) is 10.4. The molecular weight excluding hydrogens is 405 g/mol. The summed E-state index contributed by atoms with van der Waals surface area (Å²) in [5, 5.41) is 3.03. The number of hydrogen-bond donors (Lipinski definition) is 1. The van der Waals surface area contributed by atoms with Crippen molar-refractivity contribution in [3.8, 4) is 5.75 Å². The molecule has 1 N–H and O–H groups in total. The highest BCUT2D eigenvalue weighted by atomic mass is 19.1. The zero-order chi connectivity index (χ0) is 23.7. The first-order chi connectivity index (χ1) is 15.3. The summed E-state index contributed by atoms with van der Waals surface area (Å²) in [4.78, 5) is 23.3. The van der Waals surface area contributed by atoms with Crippen molar-refractivity contribution in [2.45, 2.75) is 66.2 Å². The van der Waals surface area contributed by atoms with Gasteiger partial charge in [0.25, 0.3) is 0 Å². The molecule has 0 aromatic heterocycles. The van der Waals surface area contributed by atoms with E-state index in [0.29, 0.717) is 17.5 Å². The number of amides is 1. The number of methoxy groups -OCH3 is 1. The number of aryl methyl sites for hydroxylation is 1. The molecule has 1 fully saturated rings. The van der Waals surface area contributed by atoms with Crippen LogP contribution in [-0.2, 0) is 11.2 Å². The summed E-state index contributed by atoms with van der Waals surface area (Å²) in [7, 11) is 1.65. The van der Waals surface area contributed by atoms with Crippen LogP contribution in [0.5, 0.6) is 5.75 Å². The lowest BCUT2D eigenvalue weighted by Gasteiger charge is -2.27. The maximum absolute atomic E-state index is 13.1. The molecule has 0 unspecified atom stereocenters. The number of ketones is 1. The first-order valence-corrected chi connectivity index (χ1v) is 11.5. The van der Waals surface area contributed by atoms with Crippen LogP contribution in [0.15, 0.2) is 36.4 Å². The third-order valence-electron chi connectivity index (χ3n) is 6.32. The minimum absolute atomic E-state index is 0.0775. The largest absolute Gasteiger partial charge is 0.496 e. The molecule has 2 aromatic rings. The lowest BCUT2D eigenvalue weighted by Crippen LogP contribution is -2.27. The number of carbonyl (C=O) groups is 2. The van der Waals surface area contributed by atoms with Gasteiger partial charge in [-0.25, -0.2) is 4.39 Å². The number of anilines is 1. The second kappa shape index (κ2) is 12.4. The highest BCUT2D eigenvalue weighted by molar-refractivity contribution is 5.95. The molecule has 0 aliphatic heterocycles. The summed E-state index contributed by atoms with van der Waals surface area (Å²) in [6.07, 6.45) is 6.21. The molecule has 4 nitrogen and oxygen atoms in total. The topological polar surface area (TPSA) is 55.4 Å². The molecule has 1 aliphatic rings. The number of ether oxygens (including phenoxy) is 1. The van der Waals surface area contributed by atoms with Crippen LogP contribution >= 0.6 is 0 Å². The Labute approximate surface area is 191 Å². The fourth-order valence-corrected chi connectivity index (χ4v) is 4.22. The Morgan fingerprint density at radius 1 is 1.09 bits per heavy atom. The van der Waals surface area contributed by atoms with Gasteiger partial charge in [-0.2, -0.15) is 0 Å². The van der Waals surface area contributed by atoms with E-state index >= 15 is 0 Å². The van der Waals surface area contributed by atoms with Gasteiger partial charge in [0, 0.05) is 23.2 Å². The third kappa shape index (κ3) is 6.91. The maximum Gasteiger partial charge on any atom is 0.227 e. The van der Waals surface area contributed by atoms with E-state index in [1.807, 2.05) is 32.0 Å². The molecule has 1 saturated carbocycles. The fraction of sp³-hybridized carbons (Fsp3) is 0.481. The SMILES string of the molecule is CCC1CCC(C(=O)Nc2ccc(C)c(OC)c2)CC1.CCc1c(F)cccc1C(C)=O. The molecule has 0 saturated heterocycles. The number of benzene rings is 2. The number of hydrogen-bond acceptors (Lipinski definition) is 3. The van der Waals surface area contributed by atoms with Crippen LogP contribution < -0.4 is 10.1 Å². The number of rotatable bonds is 6. The summed E-state index contributed by atoms with van der Waals surface area (Å²) in [6.45, 7) is 7.53. The average molecular weight is 442 g/mol. The predicted molar refractivity (Wildman–Crippen MR) is 128 cm³/mol. The van der Waals surface area contributed by atoms with Gasteiger partial charge in [-0.1, -0.05) is 38.5 Å². The molecule has 0 atom stereocenters. The fourth-order valence-electron chi connectivity index (χ4n) is 4.22. The molecule has 2 aromatic carbocycles. The van der Waals surface area contributed by atoms with Crippen LogP contribution in [0.3, 0.4) is 0 Å². The molecule has 1 amide bonds. The highest BCUT2D eigenvalue weighted by Gasteiger charge is 2.25. The lowest BCUT2D eigenvalue weighted by atomic mass is 9.80. The number of carbonyl (C=O) groups excluding carboxylic acids is 2. The van der Waals surface area contributed by atoms with Crippen LogP contribution in [0.1, 0.15) is 74.4 Å². The molecule has 0 radical (unpaired) electrons. The van der Waals surface area contributed by atoms with Gasteiger partial charge >= 0.3 is 0 Å². The minimum atomic E-state index is -0.287. The smallest absolute Gasteiger partial charge is 0.227 e. The van der Waals surface area contributed by atoms with Crippen molar-refractivity contribution >= 4 is 17.4 Å². The molecule has 0 spiro atoms. The molecule has 3 rings (SSSR count). The first kappa shape index (κ1) is 25.6. The van der Waals surface area contributed by atoms with Crippen molar-refractivity contribution in [2.24, 2.45) is 11.8 Å². The molecule has 0 heterocycles. The summed E-state index contributed by atoms with van der Waals surface area (Å²) in [5.74, 6) is 1.60. The van der Waals surface area contributed by atoms with E-state index in [2.05, 4.69) is 12.2 Å². The zero-order valence-corrected chi connectivity index (χ0v) is 20.0. The quantitative estimate of drug-likeness (QED) is 0.505. The predicted octanol–water partition coefficient (Wildman–Crippen LogP) is 6.75. The van der Waals surface area contributed by atoms with E-state index < -0.39 is 0 Å². The van der Waals surface area contributed by atoms with E-state index in [9.17, 15) is 14.0 Å². The second-order valence-electron chi connectivity index (χ2n) is 8.48. The molecule has 0 bridgehead atoms. The standard InChI is InChI=1S/C17H25NO2.C10H11FO/c1-4-13-6-8-14(9-7-13)17(19)18-15-10-5-12(2)16(11-15)20-3;1-3-8-9(7(2)12)5-4-6-10(8)11/h5,10-11,13-14H,4,6-9H2,1-3H3,(H,18,19);4-6H,3H2,1-2H3. The van der Waals surface area contributed by atoms with Crippen LogP contribution in [0.25, 0.3) is 0 Å². The van der Waals surface area contributed by atoms with Gasteiger partial charge in [0.15, 0.2) is 5.78 Å². The van der Waals surface area contributed by atoms with Gasteiger partial charge in [-0.3, -0.25) is 9.59 Å². The monoisotopic (exact) mass is 441 g/mol. The van der Waals surface area contributed by atoms with Crippen molar-refractivity contribution < 1.29 is 18.7 Å². The Kier molecular flexibility index (Phi) is 9.89. The Balaban J connectivity index is 0.000000258. The van der Waals surface area contributed by atoms with Crippen molar-refractivity contribution in [3.63, 3.8) is 0 Å². The van der Waals surface area contributed by atoms with Gasteiger partial charge in [0.1, 0.15) is 11.6 Å². The zero-order valence-electron chi connectivity index (χ0n) is 20.0. The molecule has 5 heteroatoms. The number of nitrogens with one attached hydrogen (secondary N) is 1. The summed E-state index contributed by atoms with van der Waals surface area (Å²) < 4.78 is 18.3. The van der Waals surface area contributed by atoms with E-state index in [0.717, 1.165) is 35.8 Å². The Bertz CT molecular complexity index is 917. The Morgan fingerprint density at radius 2 is 1.78 bits per heavy atom. The number of Topliss-reactive ketones (excluding diaryl/α,β-unsaturated/α-hetero) is 1. The number of halogens is 1. The van der Waals surface area contributed by atoms with Gasteiger partial charge in [0.2, 0.25) is 5.91 Å². The molecule has 1 aliphatic carbocycles. The Hall–Kier alpha value is -2.69. The van der Waals surface area contributed by atoms with Crippen LogP contribution in [0.2, 0.25) is 0 Å². The first-order valence-electron chi connectivity index (χ1n) is 11.5. The van der Waals surface area contributed by atoms with Gasteiger partial charge < -0.3 is 10.1 Å². The van der Waals surface area contributed by atoms with Crippen molar-refractivity contribution in [1.29, 1.82) is 0 Å². The summed E-state index contributed by atoms with van der Waals surface area (Å²) >= 11 is 0. The Morgan fingerprint density at radius 3 is 2.31 bits per heavy atom. The molecule has 174 valence electrons. The van der Waals surface area contributed by atoms with Gasteiger partial charge in [-0.05, 0) is 75.1 Å². The van der Waals surface area contributed by atoms with E-state index in [1.54, 1.807) is 19.2 Å². The van der Waals surface area contributed by atoms with Gasteiger partial charge in [-0.15, -0.1) is 0 Å². The van der Waals surface area contributed by atoms with Crippen molar-refractivity contribution in [2.75, 3.05) is 12.4 Å². The van der Waals surface area contributed by atoms with E-state index in [-0.39, 0.29) is 23.4 Å². The van der Waals surface area contributed by atoms with E-state index in [1.165, 1.54) is 32.3 Å². The average Bonchev–Trinajstić information content (AvgIpc) is 2.80. The highest BCUT2D eigenvalue weighted by Crippen LogP contribution is 2.31. The van der Waals surface area contributed by atoms with Crippen LogP contribution in [-0.4, -0.2) is 18.8 Å². The normalized spacial score (nSPS) is 17.7. The third-order valence-corrected chi connectivity index (χ3v) is 6.32. The van der Waals surface area contributed by atoms with Crippen molar-refractivity contribution in [1.82, 2.24) is 0 Å². The summed E-state index contributed by atoms with van der Waals surface area (Å²) in [5.41, 5.74) is 2.92. The van der Waals surface area contributed by atoms with E-state index in [4.69, 9.17) is 4.74 Å². The second-order valence-corrected chi connectivity index (χ2v) is 8.48. The minimum Gasteiger partial charge on any atom is -0.496 e. The van der Waals surface area contributed by atoms with Crippen LogP contribution in [0.4, 0.5) is 10.1 Å². The molecular formula is C27H36FNO3. The molecule has 32 heavy (non-hydrogen) atoms. The maximum atomic E-state index is 13.1. The van der Waals surface area contributed by atoms with Crippen LogP contribution in [0, 0.1) is 24.6 Å². The van der Waals surface area contributed by atoms with Crippen molar-refractivity contribution in [3.05, 3.63) is 58.9 Å². The lowest BCUT2D eigenvalue weighted by molar-refractivity contribution is -0.121.